The molecule has 4 nitrogen and oxygen atoms in total. The standard InChI is InChI=1S/C14H19ClN2O2/c15-11-3-4-13(16)12(8-11)14(19)17-6-1-2-10(9-17)5-7-18/h3-4,8,10,18H,1-2,5-7,9,16H2. The lowest BCUT2D eigenvalue weighted by Crippen LogP contribution is -2.40. The molecule has 1 amide bonds. The number of nitrogen functional groups attached to an aromatic ring is 1. The first-order valence-electron chi connectivity index (χ1n) is 6.57. The Bertz CT molecular complexity index is 463. The van der Waals surface area contributed by atoms with Crippen molar-refractivity contribution in [3.8, 4) is 0 Å². The Morgan fingerprint density at radius 1 is 1.53 bits per heavy atom. The first-order valence-corrected chi connectivity index (χ1v) is 6.94. The Morgan fingerprint density at radius 2 is 2.32 bits per heavy atom. The summed E-state index contributed by atoms with van der Waals surface area (Å²) < 4.78 is 0. The number of halogens is 1. The number of nitrogens with zero attached hydrogens (tertiary/aromatic N) is 1. The topological polar surface area (TPSA) is 66.6 Å². The van der Waals surface area contributed by atoms with Gasteiger partial charge in [-0.25, -0.2) is 0 Å². The zero-order chi connectivity index (χ0) is 13.8. The van der Waals surface area contributed by atoms with Crippen molar-refractivity contribution in [1.82, 2.24) is 4.90 Å². The van der Waals surface area contributed by atoms with Crippen LogP contribution in [0.1, 0.15) is 29.6 Å². The van der Waals surface area contributed by atoms with Crippen LogP contribution in [0, 0.1) is 5.92 Å². The number of carbonyl (C=O) groups is 1. The Morgan fingerprint density at radius 3 is 3.05 bits per heavy atom. The third-order valence-electron chi connectivity index (χ3n) is 3.59. The summed E-state index contributed by atoms with van der Waals surface area (Å²) in [4.78, 5) is 14.3. The van der Waals surface area contributed by atoms with Crippen molar-refractivity contribution < 1.29 is 9.90 Å². The molecule has 1 aliphatic heterocycles. The normalized spacial score (nSPS) is 19.5. The molecule has 1 aromatic rings. The molecular formula is C14H19ClN2O2. The fourth-order valence-electron chi connectivity index (χ4n) is 2.55. The number of amides is 1. The van der Waals surface area contributed by atoms with Crippen LogP contribution in [-0.2, 0) is 0 Å². The first kappa shape index (κ1) is 14.2. The molecule has 1 unspecified atom stereocenters. The highest BCUT2D eigenvalue weighted by molar-refractivity contribution is 6.31. The Balaban J connectivity index is 2.12. The molecule has 5 heteroatoms. The SMILES string of the molecule is Nc1ccc(Cl)cc1C(=O)N1CCCC(CCO)C1. The van der Waals surface area contributed by atoms with Crippen molar-refractivity contribution in [1.29, 1.82) is 0 Å². The summed E-state index contributed by atoms with van der Waals surface area (Å²) in [5.74, 6) is 0.311. The van der Waals surface area contributed by atoms with Crippen molar-refractivity contribution in [3.63, 3.8) is 0 Å². The Kier molecular flexibility index (Phi) is 4.66. The number of aliphatic hydroxyl groups is 1. The summed E-state index contributed by atoms with van der Waals surface area (Å²) in [5, 5.41) is 9.52. The highest BCUT2D eigenvalue weighted by Crippen LogP contribution is 2.24. The van der Waals surface area contributed by atoms with Crippen molar-refractivity contribution in [2.45, 2.75) is 19.3 Å². The summed E-state index contributed by atoms with van der Waals surface area (Å²) in [6.45, 7) is 1.60. The van der Waals surface area contributed by atoms with Crippen LogP contribution in [0.15, 0.2) is 18.2 Å². The summed E-state index contributed by atoms with van der Waals surface area (Å²) in [6.07, 6.45) is 2.78. The summed E-state index contributed by atoms with van der Waals surface area (Å²) >= 11 is 5.92. The predicted molar refractivity (Wildman–Crippen MR) is 76.2 cm³/mol. The predicted octanol–water partition coefficient (Wildman–Crippen LogP) is 2.16. The molecule has 2 rings (SSSR count). The van der Waals surface area contributed by atoms with E-state index >= 15 is 0 Å². The quantitative estimate of drug-likeness (QED) is 0.835. The zero-order valence-corrected chi connectivity index (χ0v) is 11.6. The molecule has 104 valence electrons. The molecule has 0 aliphatic carbocycles. The van der Waals surface area contributed by atoms with E-state index in [1.807, 2.05) is 4.90 Å². The van der Waals surface area contributed by atoms with Gasteiger partial charge in [-0.05, 0) is 43.4 Å². The number of hydrogen-bond acceptors (Lipinski definition) is 3. The number of likely N-dealkylation sites (tertiary alicyclic amines) is 1. The minimum Gasteiger partial charge on any atom is -0.398 e. The second-order valence-corrected chi connectivity index (χ2v) is 5.44. The van der Waals surface area contributed by atoms with Gasteiger partial charge in [0, 0.05) is 30.4 Å². The molecule has 19 heavy (non-hydrogen) atoms. The van der Waals surface area contributed by atoms with Crippen LogP contribution < -0.4 is 5.73 Å². The van der Waals surface area contributed by atoms with E-state index in [9.17, 15) is 4.79 Å². The van der Waals surface area contributed by atoms with Crippen LogP contribution in [-0.4, -0.2) is 35.6 Å². The largest absolute Gasteiger partial charge is 0.398 e. The number of anilines is 1. The molecule has 1 heterocycles. The second kappa shape index (κ2) is 6.26. The van der Waals surface area contributed by atoms with Gasteiger partial charge < -0.3 is 15.7 Å². The van der Waals surface area contributed by atoms with Gasteiger partial charge >= 0.3 is 0 Å². The molecule has 0 aromatic heterocycles. The van der Waals surface area contributed by atoms with Crippen LogP contribution in [0.25, 0.3) is 0 Å². The van der Waals surface area contributed by atoms with Gasteiger partial charge in [0.2, 0.25) is 0 Å². The van der Waals surface area contributed by atoms with Crippen LogP contribution in [0.4, 0.5) is 5.69 Å². The number of carbonyl (C=O) groups excluding carboxylic acids is 1. The van der Waals surface area contributed by atoms with Crippen LogP contribution in [0.2, 0.25) is 5.02 Å². The van der Waals surface area contributed by atoms with Crippen molar-refractivity contribution in [2.24, 2.45) is 5.92 Å². The molecule has 0 radical (unpaired) electrons. The molecule has 1 fully saturated rings. The second-order valence-electron chi connectivity index (χ2n) is 5.00. The van der Waals surface area contributed by atoms with E-state index in [2.05, 4.69) is 0 Å². The van der Waals surface area contributed by atoms with Crippen LogP contribution in [0.3, 0.4) is 0 Å². The average molecular weight is 283 g/mol. The third kappa shape index (κ3) is 3.39. The number of benzene rings is 1. The molecular weight excluding hydrogens is 264 g/mol. The molecule has 0 spiro atoms. The minimum atomic E-state index is -0.0670. The monoisotopic (exact) mass is 282 g/mol. The van der Waals surface area contributed by atoms with E-state index in [0.717, 1.165) is 25.8 Å². The van der Waals surface area contributed by atoms with Gasteiger partial charge in [0.1, 0.15) is 0 Å². The van der Waals surface area contributed by atoms with E-state index in [4.69, 9.17) is 22.4 Å². The highest BCUT2D eigenvalue weighted by atomic mass is 35.5. The lowest BCUT2D eigenvalue weighted by Gasteiger charge is -2.32. The molecule has 1 saturated heterocycles. The lowest BCUT2D eigenvalue weighted by atomic mass is 9.94. The maximum atomic E-state index is 12.4. The van der Waals surface area contributed by atoms with Crippen LogP contribution in [0.5, 0.6) is 0 Å². The fraction of sp³-hybridized carbons (Fsp3) is 0.500. The zero-order valence-electron chi connectivity index (χ0n) is 10.8. The molecule has 3 N–H and O–H groups in total. The van der Waals surface area contributed by atoms with Gasteiger partial charge in [0.05, 0.1) is 5.56 Å². The Hall–Kier alpha value is -1.26. The van der Waals surface area contributed by atoms with Crippen molar-refractivity contribution >= 4 is 23.2 Å². The minimum absolute atomic E-state index is 0.0670. The average Bonchev–Trinajstić information content (AvgIpc) is 2.41. The van der Waals surface area contributed by atoms with Crippen molar-refractivity contribution in [3.05, 3.63) is 28.8 Å². The summed E-state index contributed by atoms with van der Waals surface area (Å²) in [6, 6.07) is 4.96. The lowest BCUT2D eigenvalue weighted by molar-refractivity contribution is 0.0654. The molecule has 1 aliphatic rings. The van der Waals surface area contributed by atoms with E-state index < -0.39 is 0 Å². The van der Waals surface area contributed by atoms with Gasteiger partial charge in [-0.1, -0.05) is 11.6 Å². The van der Waals surface area contributed by atoms with Gasteiger partial charge in [-0.15, -0.1) is 0 Å². The van der Waals surface area contributed by atoms with Crippen molar-refractivity contribution in [2.75, 3.05) is 25.4 Å². The maximum Gasteiger partial charge on any atom is 0.256 e. The maximum absolute atomic E-state index is 12.4. The van der Waals surface area contributed by atoms with Gasteiger partial charge in [-0.2, -0.15) is 0 Å². The van der Waals surface area contributed by atoms with E-state index in [1.165, 1.54) is 0 Å². The summed E-state index contributed by atoms with van der Waals surface area (Å²) in [7, 11) is 0. The summed E-state index contributed by atoms with van der Waals surface area (Å²) in [5.41, 5.74) is 6.77. The van der Waals surface area contributed by atoms with E-state index in [1.54, 1.807) is 18.2 Å². The fourth-order valence-corrected chi connectivity index (χ4v) is 2.72. The van der Waals surface area contributed by atoms with E-state index in [-0.39, 0.29) is 12.5 Å². The highest BCUT2D eigenvalue weighted by Gasteiger charge is 2.25. The van der Waals surface area contributed by atoms with Crippen LogP contribution >= 0.6 is 11.6 Å². The molecule has 1 atom stereocenters. The van der Waals surface area contributed by atoms with Gasteiger partial charge in [0.15, 0.2) is 0 Å². The number of nitrogens with two attached hydrogens (primary N) is 1. The third-order valence-corrected chi connectivity index (χ3v) is 3.82. The number of piperidine rings is 1. The van der Waals surface area contributed by atoms with Gasteiger partial charge in [0.25, 0.3) is 5.91 Å². The smallest absolute Gasteiger partial charge is 0.256 e. The number of aliphatic hydroxyl groups excluding tert-OH is 1. The number of rotatable bonds is 3. The molecule has 0 saturated carbocycles. The Labute approximate surface area is 118 Å². The molecule has 0 bridgehead atoms. The van der Waals surface area contributed by atoms with E-state index in [0.29, 0.717) is 28.7 Å². The van der Waals surface area contributed by atoms with Gasteiger partial charge in [-0.3, -0.25) is 4.79 Å². The molecule has 1 aromatic carbocycles. The number of hydrogen-bond donors (Lipinski definition) is 2. The first-order chi connectivity index (χ1) is 9.11.